The standard InChI is InChI=1S/C12H14FN3S/c1-7-4-11(9(3)17-7)8(2)16-12-14-5-10(13)6-15-12/h4-6,8H,1-3H3,(H,14,15,16). The minimum Gasteiger partial charge on any atom is -0.348 e. The molecule has 0 radical (unpaired) electrons. The number of anilines is 1. The van der Waals surface area contributed by atoms with E-state index in [1.165, 1.54) is 15.3 Å². The quantitative estimate of drug-likeness (QED) is 0.907. The number of rotatable bonds is 3. The molecule has 2 rings (SSSR count). The van der Waals surface area contributed by atoms with Crippen LogP contribution in [-0.2, 0) is 0 Å². The number of hydrogen-bond donors (Lipinski definition) is 1. The molecular weight excluding hydrogens is 237 g/mol. The summed E-state index contributed by atoms with van der Waals surface area (Å²) < 4.78 is 12.7. The number of thiophene rings is 1. The molecule has 0 saturated carbocycles. The van der Waals surface area contributed by atoms with Gasteiger partial charge in [0.25, 0.3) is 0 Å². The Balaban J connectivity index is 2.14. The van der Waals surface area contributed by atoms with Crippen LogP contribution in [0.1, 0.15) is 28.3 Å². The Kier molecular flexibility index (Phi) is 3.38. The maximum Gasteiger partial charge on any atom is 0.223 e. The normalized spacial score (nSPS) is 12.5. The predicted molar refractivity (Wildman–Crippen MR) is 67.8 cm³/mol. The van der Waals surface area contributed by atoms with Crippen molar-refractivity contribution in [3.8, 4) is 0 Å². The van der Waals surface area contributed by atoms with Crippen molar-refractivity contribution in [1.29, 1.82) is 0 Å². The average Bonchev–Trinajstić information content (AvgIpc) is 2.61. The number of nitrogens with one attached hydrogen (secondary N) is 1. The molecule has 1 N–H and O–H groups in total. The van der Waals surface area contributed by atoms with Gasteiger partial charge >= 0.3 is 0 Å². The van der Waals surface area contributed by atoms with Gasteiger partial charge in [-0.3, -0.25) is 0 Å². The van der Waals surface area contributed by atoms with E-state index in [1.54, 1.807) is 11.3 Å². The van der Waals surface area contributed by atoms with Crippen LogP contribution in [0.4, 0.5) is 10.3 Å². The first-order valence-corrected chi connectivity index (χ1v) is 6.19. The van der Waals surface area contributed by atoms with Crippen LogP contribution in [0.15, 0.2) is 18.5 Å². The van der Waals surface area contributed by atoms with E-state index in [0.29, 0.717) is 5.95 Å². The first-order valence-electron chi connectivity index (χ1n) is 5.37. The minimum atomic E-state index is -0.425. The van der Waals surface area contributed by atoms with Gasteiger partial charge in [0, 0.05) is 9.75 Å². The zero-order chi connectivity index (χ0) is 12.4. The van der Waals surface area contributed by atoms with Gasteiger partial charge in [0.05, 0.1) is 18.4 Å². The zero-order valence-corrected chi connectivity index (χ0v) is 10.8. The molecule has 90 valence electrons. The lowest BCUT2D eigenvalue weighted by Gasteiger charge is -2.13. The molecule has 1 atom stereocenters. The fourth-order valence-corrected chi connectivity index (χ4v) is 2.76. The van der Waals surface area contributed by atoms with Crippen LogP contribution in [0.2, 0.25) is 0 Å². The third kappa shape index (κ3) is 2.79. The smallest absolute Gasteiger partial charge is 0.223 e. The molecule has 0 aliphatic carbocycles. The Morgan fingerprint density at radius 3 is 2.47 bits per heavy atom. The van der Waals surface area contributed by atoms with Crippen molar-refractivity contribution >= 4 is 17.3 Å². The van der Waals surface area contributed by atoms with E-state index in [4.69, 9.17) is 0 Å². The van der Waals surface area contributed by atoms with Crippen LogP contribution < -0.4 is 5.32 Å². The van der Waals surface area contributed by atoms with Crippen LogP contribution in [0, 0.1) is 19.7 Å². The first kappa shape index (κ1) is 12.0. The summed E-state index contributed by atoms with van der Waals surface area (Å²) in [5, 5.41) is 3.16. The average molecular weight is 251 g/mol. The lowest BCUT2D eigenvalue weighted by atomic mass is 10.1. The second kappa shape index (κ2) is 4.79. The van der Waals surface area contributed by atoms with Crippen molar-refractivity contribution in [2.24, 2.45) is 0 Å². The molecule has 0 saturated heterocycles. The molecular formula is C12H14FN3S. The maximum absolute atomic E-state index is 12.7. The van der Waals surface area contributed by atoms with E-state index >= 15 is 0 Å². The van der Waals surface area contributed by atoms with E-state index in [-0.39, 0.29) is 6.04 Å². The van der Waals surface area contributed by atoms with E-state index in [2.05, 4.69) is 35.2 Å². The molecule has 0 aliphatic rings. The highest BCUT2D eigenvalue weighted by Crippen LogP contribution is 2.27. The molecule has 1 unspecified atom stereocenters. The van der Waals surface area contributed by atoms with Crippen molar-refractivity contribution in [2.75, 3.05) is 5.32 Å². The Bertz CT molecular complexity index is 507. The van der Waals surface area contributed by atoms with Gasteiger partial charge in [0.2, 0.25) is 5.95 Å². The summed E-state index contributed by atoms with van der Waals surface area (Å²) in [6.07, 6.45) is 2.32. The lowest BCUT2D eigenvalue weighted by molar-refractivity contribution is 0.613. The molecule has 2 aromatic heterocycles. The summed E-state index contributed by atoms with van der Waals surface area (Å²) >= 11 is 1.77. The Morgan fingerprint density at radius 1 is 1.29 bits per heavy atom. The van der Waals surface area contributed by atoms with E-state index in [9.17, 15) is 4.39 Å². The second-order valence-corrected chi connectivity index (χ2v) is 5.42. The number of halogens is 1. The third-order valence-electron chi connectivity index (χ3n) is 2.51. The minimum absolute atomic E-state index is 0.116. The number of hydrogen-bond acceptors (Lipinski definition) is 4. The molecule has 0 bridgehead atoms. The van der Waals surface area contributed by atoms with Crippen molar-refractivity contribution in [2.45, 2.75) is 26.8 Å². The number of aromatic nitrogens is 2. The van der Waals surface area contributed by atoms with Gasteiger partial charge in [-0.15, -0.1) is 11.3 Å². The molecule has 3 nitrogen and oxygen atoms in total. The molecule has 0 fully saturated rings. The SMILES string of the molecule is Cc1cc(C(C)Nc2ncc(F)cn2)c(C)s1. The predicted octanol–water partition coefficient (Wildman–Crippen LogP) is 3.47. The van der Waals surface area contributed by atoms with Gasteiger partial charge in [0.15, 0.2) is 5.82 Å². The fraction of sp³-hybridized carbons (Fsp3) is 0.333. The number of nitrogens with zero attached hydrogens (tertiary/aromatic N) is 2. The second-order valence-electron chi connectivity index (χ2n) is 3.96. The lowest BCUT2D eigenvalue weighted by Crippen LogP contribution is -2.09. The fourth-order valence-electron chi connectivity index (χ4n) is 1.74. The van der Waals surface area contributed by atoms with Crippen LogP contribution in [0.5, 0.6) is 0 Å². The summed E-state index contributed by atoms with van der Waals surface area (Å²) in [5.74, 6) is 0.0212. The molecule has 17 heavy (non-hydrogen) atoms. The summed E-state index contributed by atoms with van der Waals surface area (Å²) in [6, 6.07) is 2.27. The summed E-state index contributed by atoms with van der Waals surface area (Å²) in [7, 11) is 0. The van der Waals surface area contributed by atoms with Crippen molar-refractivity contribution in [1.82, 2.24) is 9.97 Å². The Morgan fingerprint density at radius 2 is 1.94 bits per heavy atom. The van der Waals surface area contributed by atoms with E-state index < -0.39 is 5.82 Å². The van der Waals surface area contributed by atoms with Gasteiger partial charge in [-0.25, -0.2) is 14.4 Å². The highest BCUT2D eigenvalue weighted by atomic mass is 32.1. The summed E-state index contributed by atoms with van der Waals surface area (Å²) in [5.41, 5.74) is 1.24. The van der Waals surface area contributed by atoms with Crippen molar-refractivity contribution < 1.29 is 4.39 Å². The van der Waals surface area contributed by atoms with Crippen LogP contribution >= 0.6 is 11.3 Å². The van der Waals surface area contributed by atoms with Crippen LogP contribution in [-0.4, -0.2) is 9.97 Å². The molecule has 0 aliphatic heterocycles. The van der Waals surface area contributed by atoms with Crippen LogP contribution in [0.25, 0.3) is 0 Å². The van der Waals surface area contributed by atoms with Gasteiger partial charge in [0.1, 0.15) is 0 Å². The monoisotopic (exact) mass is 251 g/mol. The Hall–Kier alpha value is -1.49. The third-order valence-corrected chi connectivity index (χ3v) is 3.49. The topological polar surface area (TPSA) is 37.8 Å². The molecule has 0 aromatic carbocycles. The molecule has 0 amide bonds. The van der Waals surface area contributed by atoms with Gasteiger partial charge in [-0.1, -0.05) is 0 Å². The van der Waals surface area contributed by atoms with Gasteiger partial charge < -0.3 is 5.32 Å². The zero-order valence-electron chi connectivity index (χ0n) is 9.99. The van der Waals surface area contributed by atoms with Crippen LogP contribution in [0.3, 0.4) is 0 Å². The van der Waals surface area contributed by atoms with Crippen molar-refractivity contribution in [3.05, 3.63) is 39.6 Å². The number of aryl methyl sites for hydroxylation is 2. The maximum atomic E-state index is 12.7. The van der Waals surface area contributed by atoms with Gasteiger partial charge in [-0.2, -0.15) is 0 Å². The largest absolute Gasteiger partial charge is 0.348 e. The molecule has 5 heteroatoms. The molecule has 0 spiro atoms. The van der Waals surface area contributed by atoms with Crippen molar-refractivity contribution in [3.63, 3.8) is 0 Å². The summed E-state index contributed by atoms with van der Waals surface area (Å²) in [4.78, 5) is 10.3. The molecule has 2 aromatic rings. The summed E-state index contributed by atoms with van der Waals surface area (Å²) in [6.45, 7) is 6.22. The molecule has 2 heterocycles. The van der Waals surface area contributed by atoms with Gasteiger partial charge in [-0.05, 0) is 32.4 Å². The van der Waals surface area contributed by atoms with E-state index in [1.807, 2.05) is 6.92 Å². The first-order chi connectivity index (χ1) is 8.06. The van der Waals surface area contributed by atoms with E-state index in [0.717, 1.165) is 12.4 Å². The highest BCUT2D eigenvalue weighted by Gasteiger charge is 2.12. The highest BCUT2D eigenvalue weighted by molar-refractivity contribution is 7.12. The Labute approximate surface area is 104 Å².